The maximum absolute atomic E-state index is 13.2. The molecule has 0 aromatic heterocycles. The van der Waals surface area contributed by atoms with Gasteiger partial charge in [-0.3, -0.25) is 19.7 Å². The minimum Gasteiger partial charge on any atom is -0.480 e. The van der Waals surface area contributed by atoms with Crippen molar-refractivity contribution in [3.63, 3.8) is 0 Å². The molecule has 2 atom stereocenters. The molecular weight excluding hydrogens is 468 g/mol. The molecule has 2 amide bonds. The van der Waals surface area contributed by atoms with E-state index >= 15 is 0 Å². The Morgan fingerprint density at radius 2 is 1.54 bits per heavy atom. The van der Waals surface area contributed by atoms with Gasteiger partial charge in [0.2, 0.25) is 11.8 Å². The summed E-state index contributed by atoms with van der Waals surface area (Å²) in [6.45, 7) is 0.741. The molecule has 0 spiro atoms. The number of carboxylic acid groups (broad SMARTS) is 1. The maximum atomic E-state index is 13.2. The number of hydrogen-bond acceptors (Lipinski definition) is 5. The van der Waals surface area contributed by atoms with E-state index in [0.717, 1.165) is 42.4 Å². The number of carbonyl (C=O) groups is 3. The highest BCUT2D eigenvalue weighted by molar-refractivity contribution is 5.84. The quantitative estimate of drug-likeness (QED) is 0.266. The molecule has 8 nitrogen and oxygen atoms in total. The van der Waals surface area contributed by atoms with Gasteiger partial charge in [-0.25, -0.2) is 0 Å². The maximum Gasteiger partial charge on any atom is 0.317 e. The number of aliphatic carboxylic acids is 1. The summed E-state index contributed by atoms with van der Waals surface area (Å²) in [5.41, 5.74) is 8.67. The molecule has 6 N–H and O–H groups in total. The average molecular weight is 509 g/mol. The predicted octanol–water partition coefficient (Wildman–Crippen LogP) is 2.75. The molecule has 2 aromatic rings. The fourth-order valence-electron chi connectivity index (χ4n) is 4.88. The zero-order valence-electron chi connectivity index (χ0n) is 21.5. The van der Waals surface area contributed by atoms with Crippen molar-refractivity contribution in [3.8, 4) is 0 Å². The van der Waals surface area contributed by atoms with E-state index in [1.165, 1.54) is 6.42 Å². The van der Waals surface area contributed by atoms with Gasteiger partial charge < -0.3 is 21.5 Å². The van der Waals surface area contributed by atoms with Crippen molar-refractivity contribution in [2.45, 2.75) is 64.1 Å². The number of carbonyl (C=O) groups excluding carboxylic acids is 2. The Morgan fingerprint density at radius 3 is 2.19 bits per heavy atom. The highest BCUT2D eigenvalue weighted by atomic mass is 16.4. The molecule has 0 bridgehead atoms. The molecule has 0 heterocycles. The van der Waals surface area contributed by atoms with Crippen molar-refractivity contribution < 1.29 is 19.5 Å². The molecule has 0 radical (unpaired) electrons. The van der Waals surface area contributed by atoms with Gasteiger partial charge in [-0.15, -0.1) is 0 Å². The second-order valence-corrected chi connectivity index (χ2v) is 9.94. The molecular formula is C29H40N4O4. The van der Waals surface area contributed by atoms with Crippen LogP contribution in [0.25, 0.3) is 0 Å². The Balaban J connectivity index is 1.62. The van der Waals surface area contributed by atoms with Crippen LogP contribution in [-0.2, 0) is 33.9 Å². The van der Waals surface area contributed by atoms with Crippen molar-refractivity contribution in [2.75, 3.05) is 13.1 Å². The Bertz CT molecular complexity index is 991. The first kappa shape index (κ1) is 28.3. The fourth-order valence-corrected chi connectivity index (χ4v) is 4.88. The molecule has 8 heteroatoms. The third-order valence-corrected chi connectivity index (χ3v) is 7.05. The third kappa shape index (κ3) is 9.98. The normalized spacial score (nSPS) is 15.5. The summed E-state index contributed by atoms with van der Waals surface area (Å²) in [6, 6.07) is 16.9. The summed E-state index contributed by atoms with van der Waals surface area (Å²) < 4.78 is 0. The number of benzene rings is 2. The molecule has 3 rings (SSSR count). The van der Waals surface area contributed by atoms with Gasteiger partial charge in [-0.05, 0) is 35.4 Å². The van der Waals surface area contributed by atoms with Gasteiger partial charge in [0.15, 0.2) is 0 Å². The van der Waals surface area contributed by atoms with Crippen LogP contribution in [-0.4, -0.2) is 42.0 Å². The number of hydrogen-bond donors (Lipinski definition) is 5. The van der Waals surface area contributed by atoms with Crippen LogP contribution in [0, 0.1) is 11.8 Å². The summed E-state index contributed by atoms with van der Waals surface area (Å²) >= 11 is 0. The minimum atomic E-state index is -0.998. The lowest BCUT2D eigenvalue weighted by atomic mass is 9.84. The molecule has 2 aromatic carbocycles. The van der Waals surface area contributed by atoms with Gasteiger partial charge in [-0.1, -0.05) is 86.7 Å². The average Bonchev–Trinajstić information content (AvgIpc) is 2.93. The number of nitrogens with one attached hydrogen (secondary N) is 3. The van der Waals surface area contributed by atoms with E-state index in [4.69, 9.17) is 10.8 Å². The Morgan fingerprint density at radius 1 is 0.865 bits per heavy atom. The van der Waals surface area contributed by atoms with Crippen LogP contribution in [0.2, 0.25) is 0 Å². The van der Waals surface area contributed by atoms with E-state index in [2.05, 4.69) is 16.0 Å². The van der Waals surface area contributed by atoms with Gasteiger partial charge in [0.25, 0.3) is 0 Å². The summed E-state index contributed by atoms with van der Waals surface area (Å²) in [5, 5.41) is 18.0. The Hall–Kier alpha value is -3.23. The zero-order chi connectivity index (χ0) is 26.5. The van der Waals surface area contributed by atoms with E-state index in [9.17, 15) is 14.4 Å². The summed E-state index contributed by atoms with van der Waals surface area (Å²) in [7, 11) is 0. The third-order valence-electron chi connectivity index (χ3n) is 7.05. The minimum absolute atomic E-state index is 0.144. The number of nitrogens with two attached hydrogens (primary N) is 1. The number of carboxylic acids is 1. The van der Waals surface area contributed by atoms with Gasteiger partial charge in [0.1, 0.15) is 0 Å². The smallest absolute Gasteiger partial charge is 0.317 e. The molecule has 0 unspecified atom stereocenters. The Labute approximate surface area is 219 Å². The molecule has 37 heavy (non-hydrogen) atoms. The van der Waals surface area contributed by atoms with Gasteiger partial charge in [0, 0.05) is 19.6 Å². The van der Waals surface area contributed by atoms with Crippen LogP contribution >= 0.6 is 0 Å². The van der Waals surface area contributed by atoms with Gasteiger partial charge in [0.05, 0.1) is 18.5 Å². The highest BCUT2D eigenvalue weighted by Gasteiger charge is 2.26. The molecule has 1 fully saturated rings. The van der Waals surface area contributed by atoms with Crippen LogP contribution in [0.5, 0.6) is 0 Å². The number of amides is 2. The Kier molecular flexibility index (Phi) is 11.6. The molecule has 0 saturated heterocycles. The van der Waals surface area contributed by atoms with Gasteiger partial charge in [-0.2, -0.15) is 0 Å². The standard InChI is InChI=1S/C29H40N4O4/c30-17-23-11-13-24(14-12-23)18-32-28(36)25(15-21-7-3-1-4-8-21)19-33-29(37)26(31-20-27(34)35)16-22-9-5-2-6-10-22/h1,3-4,7-8,11-14,22,25-26,31H,2,5-6,9-10,15-20,30H2,(H,32,36)(H,33,37)(H,34,35)/t25-,26+/m0/s1. The van der Waals surface area contributed by atoms with Crippen molar-refractivity contribution in [2.24, 2.45) is 17.6 Å². The second kappa shape index (κ2) is 15.1. The van der Waals surface area contributed by atoms with E-state index in [1.807, 2.05) is 54.6 Å². The van der Waals surface area contributed by atoms with Crippen molar-refractivity contribution in [1.29, 1.82) is 0 Å². The van der Waals surface area contributed by atoms with Crippen LogP contribution in [0.1, 0.15) is 55.2 Å². The molecule has 0 aliphatic heterocycles. The lowest BCUT2D eigenvalue weighted by Crippen LogP contribution is -2.49. The lowest BCUT2D eigenvalue weighted by molar-refractivity contribution is -0.136. The largest absolute Gasteiger partial charge is 0.480 e. The zero-order valence-corrected chi connectivity index (χ0v) is 21.5. The van der Waals surface area contributed by atoms with Crippen LogP contribution < -0.4 is 21.7 Å². The highest BCUT2D eigenvalue weighted by Crippen LogP contribution is 2.27. The molecule has 1 aliphatic rings. The first-order valence-electron chi connectivity index (χ1n) is 13.3. The summed E-state index contributed by atoms with van der Waals surface area (Å²) in [6.07, 6.45) is 6.71. The van der Waals surface area contributed by atoms with Crippen molar-refractivity contribution >= 4 is 17.8 Å². The van der Waals surface area contributed by atoms with E-state index in [-0.39, 0.29) is 24.9 Å². The van der Waals surface area contributed by atoms with Crippen molar-refractivity contribution in [3.05, 3.63) is 71.3 Å². The number of rotatable bonds is 14. The van der Waals surface area contributed by atoms with Crippen LogP contribution in [0.4, 0.5) is 0 Å². The first-order chi connectivity index (χ1) is 17.9. The molecule has 200 valence electrons. The molecule has 1 aliphatic carbocycles. The monoisotopic (exact) mass is 508 g/mol. The van der Waals surface area contributed by atoms with Crippen LogP contribution in [0.3, 0.4) is 0 Å². The predicted molar refractivity (Wildman–Crippen MR) is 143 cm³/mol. The van der Waals surface area contributed by atoms with E-state index < -0.39 is 17.9 Å². The fraction of sp³-hybridized carbons (Fsp3) is 0.483. The van der Waals surface area contributed by atoms with Gasteiger partial charge >= 0.3 is 5.97 Å². The summed E-state index contributed by atoms with van der Waals surface area (Å²) in [4.78, 5) is 37.5. The van der Waals surface area contributed by atoms with Crippen LogP contribution in [0.15, 0.2) is 54.6 Å². The lowest BCUT2D eigenvalue weighted by Gasteiger charge is -2.27. The SMILES string of the molecule is NCc1ccc(CNC(=O)[C@H](CNC(=O)[C@@H](CC2CCCCC2)NCC(=O)O)Cc2ccccc2)cc1. The second-order valence-electron chi connectivity index (χ2n) is 9.94. The first-order valence-corrected chi connectivity index (χ1v) is 13.3. The topological polar surface area (TPSA) is 134 Å². The van der Waals surface area contributed by atoms with Crippen molar-refractivity contribution in [1.82, 2.24) is 16.0 Å². The molecule has 1 saturated carbocycles. The van der Waals surface area contributed by atoms with E-state index in [1.54, 1.807) is 0 Å². The van der Waals surface area contributed by atoms with E-state index in [0.29, 0.717) is 31.8 Å². The summed E-state index contributed by atoms with van der Waals surface area (Å²) in [5.74, 6) is -1.46.